The first-order chi connectivity index (χ1) is 13.6. The Hall–Kier alpha value is -1.76. The summed E-state index contributed by atoms with van der Waals surface area (Å²) in [7, 11) is 0. The van der Waals surface area contributed by atoms with Crippen molar-refractivity contribution in [3.05, 3.63) is 59.1 Å². The van der Waals surface area contributed by atoms with Crippen LogP contribution < -0.4 is 15.5 Å². The van der Waals surface area contributed by atoms with E-state index in [2.05, 4.69) is 16.7 Å². The summed E-state index contributed by atoms with van der Waals surface area (Å²) < 4.78 is 0. The van der Waals surface area contributed by atoms with Crippen LogP contribution in [0.25, 0.3) is 0 Å². The maximum absolute atomic E-state index is 11.9. The number of amides is 1. The minimum Gasteiger partial charge on any atom is -0.362 e. The lowest BCUT2D eigenvalue weighted by atomic mass is 10.2. The highest BCUT2D eigenvalue weighted by atomic mass is 35.5. The Morgan fingerprint density at radius 1 is 1.21 bits per heavy atom. The Labute approximate surface area is 181 Å². The molecule has 1 aliphatic rings. The third-order valence-electron chi connectivity index (χ3n) is 4.46. The maximum Gasteiger partial charge on any atom is 0.227 e. The monoisotopic (exact) mass is 433 g/mol. The van der Waals surface area contributed by atoms with Gasteiger partial charge < -0.3 is 15.5 Å². The van der Waals surface area contributed by atoms with Crippen molar-refractivity contribution >= 4 is 58.0 Å². The average molecular weight is 434 g/mol. The van der Waals surface area contributed by atoms with E-state index >= 15 is 0 Å². The Morgan fingerprint density at radius 2 is 2.07 bits per heavy atom. The van der Waals surface area contributed by atoms with E-state index in [4.69, 9.17) is 23.8 Å². The molecule has 1 heterocycles. The summed E-state index contributed by atoms with van der Waals surface area (Å²) in [4.78, 5) is 13.7. The SMILES string of the molecule is O=C1CCCN1c1cccc(NC(=S)NCCCSCc2ccccc2Cl)c1. The van der Waals surface area contributed by atoms with Gasteiger partial charge in [0.05, 0.1) is 0 Å². The fourth-order valence-corrected chi connectivity index (χ4v) is 4.49. The van der Waals surface area contributed by atoms with Gasteiger partial charge in [0.25, 0.3) is 0 Å². The number of benzene rings is 2. The zero-order valence-electron chi connectivity index (χ0n) is 15.6. The van der Waals surface area contributed by atoms with Crippen molar-refractivity contribution in [1.29, 1.82) is 0 Å². The summed E-state index contributed by atoms with van der Waals surface area (Å²) in [5.74, 6) is 2.14. The van der Waals surface area contributed by atoms with Gasteiger partial charge in [0.1, 0.15) is 0 Å². The second-order valence-electron chi connectivity index (χ2n) is 6.58. The van der Waals surface area contributed by atoms with Gasteiger partial charge in [-0.3, -0.25) is 4.79 Å². The number of hydrogen-bond donors (Lipinski definition) is 2. The number of thiocarbonyl (C=S) groups is 1. The van der Waals surface area contributed by atoms with Crippen LogP contribution in [0, 0.1) is 0 Å². The van der Waals surface area contributed by atoms with E-state index in [0.29, 0.717) is 11.5 Å². The first kappa shape index (κ1) is 21.0. The van der Waals surface area contributed by atoms with Crippen molar-refractivity contribution in [2.45, 2.75) is 25.0 Å². The molecule has 2 aromatic carbocycles. The second kappa shape index (κ2) is 10.7. The Kier molecular flexibility index (Phi) is 8.01. The molecule has 7 heteroatoms. The van der Waals surface area contributed by atoms with Crippen LogP contribution in [-0.4, -0.2) is 29.9 Å². The number of thioether (sulfide) groups is 1. The molecule has 0 atom stereocenters. The molecule has 1 aliphatic heterocycles. The molecule has 1 saturated heterocycles. The molecule has 148 valence electrons. The normalized spacial score (nSPS) is 13.6. The first-order valence-corrected chi connectivity index (χ1v) is 11.3. The van der Waals surface area contributed by atoms with Crippen LogP contribution in [0.4, 0.5) is 11.4 Å². The van der Waals surface area contributed by atoms with Crippen molar-refractivity contribution in [3.8, 4) is 0 Å². The van der Waals surface area contributed by atoms with Crippen molar-refractivity contribution in [2.24, 2.45) is 0 Å². The van der Waals surface area contributed by atoms with E-state index in [9.17, 15) is 4.79 Å². The van der Waals surface area contributed by atoms with Crippen LogP contribution in [0.15, 0.2) is 48.5 Å². The summed E-state index contributed by atoms with van der Waals surface area (Å²) >= 11 is 13.4. The topological polar surface area (TPSA) is 44.4 Å². The molecule has 0 bridgehead atoms. The summed E-state index contributed by atoms with van der Waals surface area (Å²) in [5.41, 5.74) is 2.99. The zero-order chi connectivity index (χ0) is 19.8. The molecule has 0 saturated carbocycles. The molecule has 4 nitrogen and oxygen atoms in total. The molecule has 0 spiro atoms. The summed E-state index contributed by atoms with van der Waals surface area (Å²) in [6.45, 7) is 1.60. The summed E-state index contributed by atoms with van der Waals surface area (Å²) in [6.07, 6.45) is 2.57. The molecule has 0 radical (unpaired) electrons. The molecule has 0 aromatic heterocycles. The number of rotatable bonds is 8. The van der Waals surface area contributed by atoms with Crippen LogP contribution in [0.3, 0.4) is 0 Å². The molecular formula is C21H24ClN3OS2. The van der Waals surface area contributed by atoms with Gasteiger partial charge in [0, 0.05) is 41.7 Å². The van der Waals surface area contributed by atoms with E-state index in [1.165, 1.54) is 5.56 Å². The van der Waals surface area contributed by atoms with Crippen LogP contribution in [0.1, 0.15) is 24.8 Å². The lowest BCUT2D eigenvalue weighted by molar-refractivity contribution is -0.117. The molecule has 3 rings (SSSR count). The molecule has 2 aromatic rings. The Morgan fingerprint density at radius 3 is 2.86 bits per heavy atom. The average Bonchev–Trinajstić information content (AvgIpc) is 3.12. The second-order valence-corrected chi connectivity index (χ2v) is 8.50. The number of nitrogens with one attached hydrogen (secondary N) is 2. The lowest BCUT2D eigenvalue weighted by Gasteiger charge is -2.17. The molecule has 0 aliphatic carbocycles. The number of carbonyl (C=O) groups is 1. The number of carbonyl (C=O) groups excluding carboxylic acids is 1. The lowest BCUT2D eigenvalue weighted by Crippen LogP contribution is -2.29. The van der Waals surface area contributed by atoms with Gasteiger partial charge in [-0.15, -0.1) is 0 Å². The number of hydrogen-bond acceptors (Lipinski definition) is 3. The number of halogens is 1. The van der Waals surface area contributed by atoms with Gasteiger partial charge in [-0.1, -0.05) is 35.9 Å². The predicted molar refractivity (Wildman–Crippen MR) is 124 cm³/mol. The Bertz CT molecular complexity index is 831. The Balaban J connectivity index is 1.35. The molecule has 0 unspecified atom stereocenters. The van der Waals surface area contributed by atoms with Crippen LogP contribution in [0.5, 0.6) is 0 Å². The molecule has 1 fully saturated rings. The highest BCUT2D eigenvalue weighted by molar-refractivity contribution is 7.98. The predicted octanol–water partition coefficient (Wildman–Crippen LogP) is 5.08. The van der Waals surface area contributed by atoms with Gasteiger partial charge in [-0.05, 0) is 60.6 Å². The van der Waals surface area contributed by atoms with Crippen LogP contribution in [-0.2, 0) is 10.5 Å². The first-order valence-electron chi connectivity index (χ1n) is 9.40. The zero-order valence-corrected chi connectivity index (χ0v) is 18.0. The van der Waals surface area contributed by atoms with Gasteiger partial charge in [-0.25, -0.2) is 0 Å². The van der Waals surface area contributed by atoms with Crippen molar-refractivity contribution < 1.29 is 4.79 Å². The quantitative estimate of drug-likeness (QED) is 0.449. The van der Waals surface area contributed by atoms with E-state index in [1.807, 2.05) is 59.1 Å². The standard InChI is InChI=1S/C21H24ClN3OS2/c22-19-9-2-1-6-16(19)15-28-13-5-11-23-21(27)24-17-7-3-8-18(14-17)25-12-4-10-20(25)26/h1-3,6-9,14H,4-5,10-13,15H2,(H2,23,24,27). The summed E-state index contributed by atoms with van der Waals surface area (Å²) in [5, 5.41) is 7.87. The fourth-order valence-electron chi connectivity index (χ4n) is 3.02. The van der Waals surface area contributed by atoms with Gasteiger partial charge in [0.15, 0.2) is 5.11 Å². The van der Waals surface area contributed by atoms with Crippen LogP contribution in [0.2, 0.25) is 5.02 Å². The number of anilines is 2. The van der Waals surface area contributed by atoms with E-state index < -0.39 is 0 Å². The van der Waals surface area contributed by atoms with Crippen molar-refractivity contribution in [1.82, 2.24) is 5.32 Å². The maximum atomic E-state index is 11.9. The minimum absolute atomic E-state index is 0.187. The highest BCUT2D eigenvalue weighted by Crippen LogP contribution is 2.24. The van der Waals surface area contributed by atoms with Crippen molar-refractivity contribution in [2.75, 3.05) is 29.1 Å². The molecule has 28 heavy (non-hydrogen) atoms. The largest absolute Gasteiger partial charge is 0.362 e. The van der Waals surface area contributed by atoms with E-state index in [0.717, 1.165) is 53.8 Å². The van der Waals surface area contributed by atoms with Gasteiger partial charge in [0.2, 0.25) is 5.91 Å². The van der Waals surface area contributed by atoms with Gasteiger partial charge >= 0.3 is 0 Å². The van der Waals surface area contributed by atoms with Crippen LogP contribution >= 0.6 is 35.6 Å². The molecular weight excluding hydrogens is 410 g/mol. The third kappa shape index (κ3) is 6.12. The smallest absolute Gasteiger partial charge is 0.227 e. The number of nitrogens with zero attached hydrogens (tertiary/aromatic N) is 1. The summed E-state index contributed by atoms with van der Waals surface area (Å²) in [6, 6.07) is 15.8. The van der Waals surface area contributed by atoms with E-state index in [-0.39, 0.29) is 5.91 Å². The fraction of sp³-hybridized carbons (Fsp3) is 0.333. The minimum atomic E-state index is 0.187. The van der Waals surface area contributed by atoms with E-state index in [1.54, 1.807) is 0 Å². The molecule has 2 N–H and O–H groups in total. The highest BCUT2D eigenvalue weighted by Gasteiger charge is 2.21. The molecule has 1 amide bonds. The van der Waals surface area contributed by atoms with Gasteiger partial charge in [-0.2, -0.15) is 11.8 Å². The third-order valence-corrected chi connectivity index (χ3v) is 6.16. The van der Waals surface area contributed by atoms with Crippen molar-refractivity contribution in [3.63, 3.8) is 0 Å².